The van der Waals surface area contributed by atoms with Gasteiger partial charge in [-0.15, -0.1) is 0 Å². The summed E-state index contributed by atoms with van der Waals surface area (Å²) >= 11 is 0. The van der Waals surface area contributed by atoms with Gasteiger partial charge in [0.1, 0.15) is 16.9 Å². The van der Waals surface area contributed by atoms with Gasteiger partial charge in [-0.1, -0.05) is 0 Å². The Balaban J connectivity index is 0.000000256. The fourth-order valence-electron chi connectivity index (χ4n) is 2.50. The largest absolute Gasteiger partial charge is 0.461 e. The second-order valence-corrected chi connectivity index (χ2v) is 5.46. The highest BCUT2D eigenvalue weighted by molar-refractivity contribution is 5.98. The first-order valence-electron chi connectivity index (χ1n) is 7.71. The molecule has 0 radical (unpaired) electrons. The van der Waals surface area contributed by atoms with Crippen LogP contribution < -0.4 is 5.63 Å². The monoisotopic (exact) mass is 334 g/mol. The van der Waals surface area contributed by atoms with Crippen LogP contribution in [0, 0.1) is 20.8 Å². The van der Waals surface area contributed by atoms with Crippen molar-refractivity contribution >= 4 is 21.9 Å². The molecule has 0 bridgehead atoms. The van der Waals surface area contributed by atoms with Crippen molar-refractivity contribution in [2.75, 3.05) is 26.4 Å². The zero-order valence-corrected chi connectivity index (χ0v) is 14.1. The van der Waals surface area contributed by atoms with E-state index in [1.807, 2.05) is 32.9 Å². The van der Waals surface area contributed by atoms with Gasteiger partial charge in [0.15, 0.2) is 0 Å². The second kappa shape index (κ2) is 8.10. The highest BCUT2D eigenvalue weighted by Gasteiger charge is 2.12. The van der Waals surface area contributed by atoms with Crippen LogP contribution in [0.4, 0.5) is 0 Å². The molecule has 0 spiro atoms. The molecule has 1 aromatic carbocycles. The Kier molecular flexibility index (Phi) is 6.14. The number of aliphatic hydroxyl groups excluding tert-OH is 2. The third-order valence-electron chi connectivity index (χ3n) is 3.54. The van der Waals surface area contributed by atoms with Gasteiger partial charge < -0.3 is 23.8 Å². The first-order chi connectivity index (χ1) is 11.5. The molecule has 0 fully saturated rings. The van der Waals surface area contributed by atoms with Crippen LogP contribution in [-0.2, 0) is 4.74 Å². The summed E-state index contributed by atoms with van der Waals surface area (Å²) in [6.45, 7) is 6.43. The van der Waals surface area contributed by atoms with E-state index in [4.69, 9.17) is 19.0 Å². The Labute approximate surface area is 139 Å². The number of ether oxygens (including phenoxy) is 1. The summed E-state index contributed by atoms with van der Waals surface area (Å²) in [5.41, 5.74) is 2.91. The van der Waals surface area contributed by atoms with Gasteiger partial charge in [0.05, 0.1) is 26.4 Å². The lowest BCUT2D eigenvalue weighted by atomic mass is 10.1. The van der Waals surface area contributed by atoms with Crippen LogP contribution >= 0.6 is 0 Å². The maximum Gasteiger partial charge on any atom is 0.336 e. The summed E-state index contributed by atoms with van der Waals surface area (Å²) in [6, 6.07) is 5.51. The molecule has 6 heteroatoms. The Morgan fingerprint density at radius 3 is 2.25 bits per heavy atom. The number of hydrogen-bond donors (Lipinski definition) is 2. The van der Waals surface area contributed by atoms with E-state index in [9.17, 15) is 4.79 Å². The number of benzene rings is 1. The fourth-order valence-corrected chi connectivity index (χ4v) is 2.50. The van der Waals surface area contributed by atoms with E-state index < -0.39 is 0 Å². The lowest BCUT2D eigenvalue weighted by Gasteiger charge is -2.03. The van der Waals surface area contributed by atoms with E-state index in [1.54, 1.807) is 0 Å². The molecule has 0 aliphatic heterocycles. The van der Waals surface area contributed by atoms with Crippen LogP contribution in [0.25, 0.3) is 21.9 Å². The van der Waals surface area contributed by atoms with Crippen molar-refractivity contribution in [3.63, 3.8) is 0 Å². The van der Waals surface area contributed by atoms with E-state index in [-0.39, 0.29) is 18.8 Å². The average Bonchev–Trinajstić information content (AvgIpc) is 2.91. The van der Waals surface area contributed by atoms with Crippen molar-refractivity contribution in [1.29, 1.82) is 0 Å². The van der Waals surface area contributed by atoms with Crippen LogP contribution in [0.1, 0.15) is 16.9 Å². The van der Waals surface area contributed by atoms with Gasteiger partial charge in [-0.25, -0.2) is 4.79 Å². The van der Waals surface area contributed by atoms with E-state index >= 15 is 0 Å². The molecule has 0 unspecified atom stereocenters. The normalized spacial score (nSPS) is 10.9. The highest BCUT2D eigenvalue weighted by atomic mass is 16.5. The van der Waals surface area contributed by atoms with Gasteiger partial charge >= 0.3 is 5.63 Å². The van der Waals surface area contributed by atoms with Crippen LogP contribution in [0.5, 0.6) is 0 Å². The molecule has 2 aromatic heterocycles. The van der Waals surface area contributed by atoms with E-state index in [2.05, 4.69) is 4.74 Å². The molecule has 130 valence electrons. The van der Waals surface area contributed by atoms with Gasteiger partial charge in [0.2, 0.25) is 0 Å². The fraction of sp³-hybridized carbons (Fsp3) is 0.389. The predicted octanol–water partition coefficient (Wildman–Crippen LogP) is 2.45. The minimum absolute atomic E-state index is 0.0278. The standard InChI is InChI=1S/C14H12O3.C4H10O3/c1-7-4-12(15)17-14-9(3)13-10(6-11(7)14)5-8(2)16-13;5-1-3-7-4-2-6/h4-6H,1-3H3;5-6H,1-4H2. The molecular formula is C18H22O6. The Hall–Kier alpha value is -2.15. The predicted molar refractivity (Wildman–Crippen MR) is 91.5 cm³/mol. The van der Waals surface area contributed by atoms with Gasteiger partial charge in [-0.3, -0.25) is 0 Å². The highest BCUT2D eigenvalue weighted by Crippen LogP contribution is 2.30. The van der Waals surface area contributed by atoms with E-state index in [0.29, 0.717) is 18.8 Å². The number of aryl methyl sites for hydroxylation is 3. The zero-order chi connectivity index (χ0) is 17.7. The first-order valence-corrected chi connectivity index (χ1v) is 7.71. The molecule has 2 N–H and O–H groups in total. The maximum atomic E-state index is 11.4. The maximum absolute atomic E-state index is 11.4. The molecule has 6 nitrogen and oxygen atoms in total. The number of furan rings is 1. The van der Waals surface area contributed by atoms with Crippen molar-refractivity contribution in [3.8, 4) is 0 Å². The van der Waals surface area contributed by atoms with Gasteiger partial charge in [-0.05, 0) is 38.5 Å². The molecule has 3 rings (SSSR count). The smallest absolute Gasteiger partial charge is 0.336 e. The topological polar surface area (TPSA) is 93.0 Å². The first kappa shape index (κ1) is 18.2. The van der Waals surface area contributed by atoms with Gasteiger partial charge in [0, 0.05) is 22.4 Å². The Morgan fingerprint density at radius 1 is 0.958 bits per heavy atom. The molecule has 0 amide bonds. The molecule has 24 heavy (non-hydrogen) atoms. The van der Waals surface area contributed by atoms with Crippen molar-refractivity contribution in [2.24, 2.45) is 0 Å². The van der Waals surface area contributed by atoms with Crippen LogP contribution in [0.3, 0.4) is 0 Å². The van der Waals surface area contributed by atoms with Gasteiger partial charge in [-0.2, -0.15) is 0 Å². The summed E-state index contributed by atoms with van der Waals surface area (Å²) in [5.74, 6) is 0.860. The lowest BCUT2D eigenvalue weighted by molar-refractivity contribution is 0.0650. The molecule has 0 aliphatic rings. The SMILES string of the molecule is Cc1cc2cc3c(C)cc(=O)oc3c(C)c2o1.OCCOCCO. The quantitative estimate of drug-likeness (QED) is 0.562. The molecule has 2 heterocycles. The third kappa shape index (κ3) is 4.03. The number of fused-ring (bicyclic) bond motifs is 2. The molecule has 0 saturated heterocycles. The number of rotatable bonds is 4. The van der Waals surface area contributed by atoms with Crippen LogP contribution in [-0.4, -0.2) is 36.6 Å². The zero-order valence-electron chi connectivity index (χ0n) is 14.1. The number of hydrogen-bond acceptors (Lipinski definition) is 6. The molecular weight excluding hydrogens is 312 g/mol. The summed E-state index contributed by atoms with van der Waals surface area (Å²) in [4.78, 5) is 11.4. The van der Waals surface area contributed by atoms with Crippen LogP contribution in [0.2, 0.25) is 0 Å². The van der Waals surface area contributed by atoms with Crippen molar-refractivity contribution in [3.05, 3.63) is 45.5 Å². The Morgan fingerprint density at radius 2 is 1.62 bits per heavy atom. The minimum atomic E-state index is -0.319. The molecule has 0 aliphatic carbocycles. The number of aliphatic hydroxyl groups is 2. The van der Waals surface area contributed by atoms with Gasteiger partial charge in [0.25, 0.3) is 0 Å². The summed E-state index contributed by atoms with van der Waals surface area (Å²) in [5, 5.41) is 18.2. The van der Waals surface area contributed by atoms with Crippen molar-refractivity contribution in [2.45, 2.75) is 20.8 Å². The summed E-state index contributed by atoms with van der Waals surface area (Å²) in [7, 11) is 0. The van der Waals surface area contributed by atoms with Crippen LogP contribution in [0.15, 0.2) is 31.8 Å². The third-order valence-corrected chi connectivity index (χ3v) is 3.54. The molecule has 0 saturated carbocycles. The summed E-state index contributed by atoms with van der Waals surface area (Å²) in [6.07, 6.45) is 0. The minimum Gasteiger partial charge on any atom is -0.461 e. The van der Waals surface area contributed by atoms with E-state index in [0.717, 1.165) is 33.2 Å². The second-order valence-electron chi connectivity index (χ2n) is 5.46. The lowest BCUT2D eigenvalue weighted by Crippen LogP contribution is -2.03. The average molecular weight is 334 g/mol. The molecule has 0 atom stereocenters. The van der Waals surface area contributed by atoms with Crippen molar-refractivity contribution in [1.82, 2.24) is 0 Å². The van der Waals surface area contributed by atoms with E-state index in [1.165, 1.54) is 6.07 Å². The van der Waals surface area contributed by atoms with Crippen molar-refractivity contribution < 1.29 is 23.8 Å². The summed E-state index contributed by atoms with van der Waals surface area (Å²) < 4.78 is 15.5. The molecule has 3 aromatic rings. The Bertz CT molecular complexity index is 870.